The number of aliphatic carboxylic acids is 1. The number of hydrogen-bond donors (Lipinski definition) is 4. The highest BCUT2D eigenvalue weighted by Crippen LogP contribution is 2.30. The summed E-state index contributed by atoms with van der Waals surface area (Å²) in [5.41, 5.74) is -0.143. The van der Waals surface area contributed by atoms with Crippen molar-refractivity contribution in [3.63, 3.8) is 0 Å². The molecule has 2 rings (SSSR count). The summed E-state index contributed by atoms with van der Waals surface area (Å²) < 4.78 is 29.3. The molecule has 6 atom stereocenters. The largest absolute Gasteiger partial charge is 0.480 e. The van der Waals surface area contributed by atoms with Gasteiger partial charge in [0.25, 0.3) is 0 Å². The Labute approximate surface area is 207 Å². The summed E-state index contributed by atoms with van der Waals surface area (Å²) in [6.07, 6.45) is -6.25. The zero-order valence-electron chi connectivity index (χ0n) is 21.5. The summed E-state index contributed by atoms with van der Waals surface area (Å²) in [4.78, 5) is 11.2. The molecule has 1 saturated heterocycles. The van der Waals surface area contributed by atoms with Crippen LogP contribution < -0.4 is 5.32 Å². The van der Waals surface area contributed by atoms with Crippen molar-refractivity contribution in [2.24, 2.45) is 0 Å². The van der Waals surface area contributed by atoms with E-state index in [1.807, 2.05) is 71.9 Å². The van der Waals surface area contributed by atoms with Crippen LogP contribution in [0, 0.1) is 0 Å². The number of carbonyl (C=O) groups is 1. The van der Waals surface area contributed by atoms with Crippen LogP contribution in [0.1, 0.15) is 47.1 Å². The topological polar surface area (TPSA) is 136 Å². The third kappa shape index (κ3) is 10.9. The van der Waals surface area contributed by atoms with Crippen molar-refractivity contribution in [2.75, 3.05) is 19.8 Å². The zero-order chi connectivity index (χ0) is 26.2. The predicted molar refractivity (Wildman–Crippen MR) is 128 cm³/mol. The lowest BCUT2D eigenvalue weighted by Crippen LogP contribution is -2.63. The van der Waals surface area contributed by atoms with E-state index in [-0.39, 0.29) is 13.2 Å². The molecule has 1 aliphatic heterocycles. The van der Waals surface area contributed by atoms with E-state index in [1.54, 1.807) is 0 Å². The van der Waals surface area contributed by atoms with E-state index in [0.29, 0.717) is 6.54 Å². The smallest absolute Gasteiger partial charge is 0.329 e. The van der Waals surface area contributed by atoms with Crippen LogP contribution in [-0.4, -0.2) is 89.2 Å². The van der Waals surface area contributed by atoms with Gasteiger partial charge < -0.3 is 39.0 Å². The van der Waals surface area contributed by atoms with Gasteiger partial charge in [0.05, 0.1) is 24.4 Å². The molecule has 1 aliphatic rings. The van der Waals surface area contributed by atoms with Crippen molar-refractivity contribution >= 4 is 5.97 Å². The van der Waals surface area contributed by atoms with Gasteiger partial charge in [0.2, 0.25) is 0 Å². The SMILES string of the molecule is CC(C)(C)OCC1O[C@@H](OC(C)(C)C)[C@@H](OCC(O)NCc2ccccc2)[C@@H](OCC(=O)O)[C@@H]1O. The molecule has 1 fully saturated rings. The number of ether oxygens (including phenoxy) is 5. The lowest BCUT2D eigenvalue weighted by atomic mass is 9.98. The number of carboxylic acids is 1. The molecule has 0 aliphatic carbocycles. The lowest BCUT2D eigenvalue weighted by molar-refractivity contribution is -0.338. The Morgan fingerprint density at radius 1 is 1.06 bits per heavy atom. The number of nitrogens with one attached hydrogen (secondary N) is 1. The van der Waals surface area contributed by atoms with Gasteiger partial charge in [-0.25, -0.2) is 4.79 Å². The molecule has 0 amide bonds. The fourth-order valence-electron chi connectivity index (χ4n) is 3.43. The van der Waals surface area contributed by atoms with Crippen molar-refractivity contribution in [1.82, 2.24) is 5.32 Å². The number of carboxylic acid groups (broad SMARTS) is 1. The average molecular weight is 500 g/mol. The minimum atomic E-state index is -1.25. The normalized spacial score (nSPS) is 26.5. The summed E-state index contributed by atoms with van der Waals surface area (Å²) in [7, 11) is 0. The lowest BCUT2D eigenvalue weighted by Gasteiger charge is -2.46. The van der Waals surface area contributed by atoms with Crippen LogP contribution in [0.5, 0.6) is 0 Å². The molecule has 0 bridgehead atoms. The van der Waals surface area contributed by atoms with Crippen LogP contribution >= 0.6 is 0 Å². The second-order valence-electron chi connectivity index (χ2n) is 10.5. The Morgan fingerprint density at radius 3 is 2.29 bits per heavy atom. The van der Waals surface area contributed by atoms with Gasteiger partial charge in [-0.15, -0.1) is 0 Å². The molecular weight excluding hydrogens is 458 g/mol. The maximum atomic E-state index is 11.2. The summed E-state index contributed by atoms with van der Waals surface area (Å²) in [6, 6.07) is 9.56. The molecule has 35 heavy (non-hydrogen) atoms. The van der Waals surface area contributed by atoms with Crippen LogP contribution in [0.15, 0.2) is 30.3 Å². The first-order valence-electron chi connectivity index (χ1n) is 11.8. The molecule has 1 heterocycles. The first kappa shape index (κ1) is 29.6. The number of aliphatic hydroxyl groups is 2. The Kier molecular flexibility index (Phi) is 11.1. The van der Waals surface area contributed by atoms with Crippen LogP contribution in [0.25, 0.3) is 0 Å². The number of rotatable bonds is 12. The van der Waals surface area contributed by atoms with E-state index in [2.05, 4.69) is 5.32 Å². The number of aliphatic hydroxyl groups excluding tert-OH is 2. The summed E-state index contributed by atoms with van der Waals surface area (Å²) in [5.74, 6) is -1.19. The Balaban J connectivity index is 2.14. The summed E-state index contributed by atoms with van der Waals surface area (Å²) in [5, 5.41) is 33.5. The number of hydrogen-bond acceptors (Lipinski definition) is 9. The minimum absolute atomic E-state index is 0.0373. The van der Waals surface area contributed by atoms with E-state index in [9.17, 15) is 15.0 Å². The van der Waals surface area contributed by atoms with Crippen molar-refractivity contribution in [1.29, 1.82) is 0 Å². The summed E-state index contributed by atoms with van der Waals surface area (Å²) >= 11 is 0. The fraction of sp³-hybridized carbons (Fsp3) is 0.720. The third-order valence-electron chi connectivity index (χ3n) is 5.00. The zero-order valence-corrected chi connectivity index (χ0v) is 21.5. The van der Waals surface area contributed by atoms with E-state index in [0.717, 1.165) is 5.56 Å². The molecule has 0 spiro atoms. The standard InChI is InChI=1S/C25H41NO9/c1-24(2,3)33-13-17-20(30)21(32-15-19(28)29)22(23(34-17)35-25(4,5)6)31-14-18(27)26-12-16-10-8-7-9-11-16/h7-11,17-18,20-23,26-27,30H,12-15H2,1-6H3,(H,28,29)/t17?,18?,20-,21+,22+,23+/m1/s1. The monoisotopic (exact) mass is 499 g/mol. The van der Waals surface area contributed by atoms with Crippen molar-refractivity contribution in [3.05, 3.63) is 35.9 Å². The van der Waals surface area contributed by atoms with Crippen LogP contribution in [0.2, 0.25) is 0 Å². The molecule has 1 aromatic carbocycles. The predicted octanol–water partition coefficient (Wildman–Crippen LogP) is 1.67. The molecule has 0 radical (unpaired) electrons. The van der Waals surface area contributed by atoms with Gasteiger partial charge in [0, 0.05) is 6.54 Å². The average Bonchev–Trinajstić information content (AvgIpc) is 2.74. The second-order valence-corrected chi connectivity index (χ2v) is 10.5. The highest BCUT2D eigenvalue weighted by molar-refractivity contribution is 5.68. The first-order valence-corrected chi connectivity index (χ1v) is 11.8. The van der Waals surface area contributed by atoms with Crippen molar-refractivity contribution in [3.8, 4) is 0 Å². The molecular formula is C25H41NO9. The molecule has 0 aromatic heterocycles. The van der Waals surface area contributed by atoms with Crippen molar-refractivity contribution in [2.45, 2.75) is 96.2 Å². The summed E-state index contributed by atoms with van der Waals surface area (Å²) in [6.45, 7) is 10.8. The van der Waals surface area contributed by atoms with E-state index in [4.69, 9.17) is 28.8 Å². The minimum Gasteiger partial charge on any atom is -0.480 e. The van der Waals surface area contributed by atoms with Gasteiger partial charge in [0.1, 0.15) is 37.3 Å². The van der Waals surface area contributed by atoms with Crippen molar-refractivity contribution < 1.29 is 43.8 Å². The Hall–Kier alpha value is -1.63. The quantitative estimate of drug-likeness (QED) is 0.314. The van der Waals surface area contributed by atoms with Gasteiger partial charge in [-0.05, 0) is 47.1 Å². The molecule has 1 aromatic rings. The van der Waals surface area contributed by atoms with Crippen LogP contribution in [-0.2, 0) is 35.0 Å². The second kappa shape index (κ2) is 13.1. The molecule has 200 valence electrons. The molecule has 2 unspecified atom stereocenters. The molecule has 0 saturated carbocycles. The molecule has 10 nitrogen and oxygen atoms in total. The van der Waals surface area contributed by atoms with E-state index < -0.39 is 60.7 Å². The maximum Gasteiger partial charge on any atom is 0.329 e. The third-order valence-corrected chi connectivity index (χ3v) is 5.00. The Morgan fingerprint density at radius 2 is 1.71 bits per heavy atom. The fourth-order valence-corrected chi connectivity index (χ4v) is 3.43. The number of benzene rings is 1. The molecule has 4 N–H and O–H groups in total. The molecule has 10 heteroatoms. The van der Waals surface area contributed by atoms with Crippen LogP contribution in [0.3, 0.4) is 0 Å². The maximum absolute atomic E-state index is 11.2. The van der Waals surface area contributed by atoms with Gasteiger partial charge >= 0.3 is 5.97 Å². The first-order chi connectivity index (χ1) is 16.2. The van der Waals surface area contributed by atoms with Gasteiger partial charge in [-0.2, -0.15) is 0 Å². The van der Waals surface area contributed by atoms with Crippen LogP contribution in [0.4, 0.5) is 0 Å². The highest BCUT2D eigenvalue weighted by Gasteiger charge is 2.49. The van der Waals surface area contributed by atoms with Gasteiger partial charge in [-0.1, -0.05) is 30.3 Å². The highest BCUT2D eigenvalue weighted by atomic mass is 16.7. The Bertz CT molecular complexity index is 762. The van der Waals surface area contributed by atoms with E-state index >= 15 is 0 Å². The van der Waals surface area contributed by atoms with E-state index in [1.165, 1.54) is 0 Å². The van der Waals surface area contributed by atoms with Gasteiger partial charge in [-0.3, -0.25) is 5.32 Å². The van der Waals surface area contributed by atoms with Gasteiger partial charge in [0.15, 0.2) is 6.29 Å².